The van der Waals surface area contributed by atoms with E-state index in [1.165, 1.54) is 0 Å². The molecule has 3 rings (SSSR count). The van der Waals surface area contributed by atoms with Gasteiger partial charge in [0.25, 0.3) is 0 Å². The number of aliphatic hydroxyl groups excluding tert-OH is 1. The van der Waals surface area contributed by atoms with E-state index in [1.54, 1.807) is 24.5 Å². The van der Waals surface area contributed by atoms with Gasteiger partial charge in [0.15, 0.2) is 0 Å². The molecule has 23 heavy (non-hydrogen) atoms. The minimum atomic E-state index is -0.634. The molecule has 0 spiro atoms. The zero-order chi connectivity index (χ0) is 16.2. The first-order valence-electron chi connectivity index (χ1n) is 7.91. The Morgan fingerprint density at radius 2 is 2.26 bits per heavy atom. The summed E-state index contributed by atoms with van der Waals surface area (Å²) in [5.41, 5.74) is 5.73. The van der Waals surface area contributed by atoms with Gasteiger partial charge in [-0.25, -0.2) is 4.98 Å². The van der Waals surface area contributed by atoms with Gasteiger partial charge in [0.2, 0.25) is 5.95 Å². The monoisotopic (exact) mass is 336 g/mol. The molecule has 2 aromatic rings. The van der Waals surface area contributed by atoms with Gasteiger partial charge >= 0.3 is 0 Å². The summed E-state index contributed by atoms with van der Waals surface area (Å²) in [5.74, 6) is 1.48. The highest BCUT2D eigenvalue weighted by Crippen LogP contribution is 2.30. The van der Waals surface area contributed by atoms with Crippen molar-refractivity contribution in [3.05, 3.63) is 35.4 Å². The van der Waals surface area contributed by atoms with Crippen molar-refractivity contribution < 1.29 is 9.52 Å². The van der Waals surface area contributed by atoms with Gasteiger partial charge in [-0.15, -0.1) is 0 Å². The van der Waals surface area contributed by atoms with Crippen molar-refractivity contribution in [3.63, 3.8) is 0 Å². The van der Waals surface area contributed by atoms with Gasteiger partial charge in [0.05, 0.1) is 6.26 Å². The van der Waals surface area contributed by atoms with Gasteiger partial charge in [0.1, 0.15) is 22.8 Å². The predicted molar refractivity (Wildman–Crippen MR) is 89.3 cm³/mol. The van der Waals surface area contributed by atoms with Crippen molar-refractivity contribution in [1.82, 2.24) is 9.97 Å². The molecule has 1 saturated heterocycles. The van der Waals surface area contributed by atoms with E-state index >= 15 is 0 Å². The molecule has 0 radical (unpaired) electrons. The number of nitrogens with two attached hydrogens (primary N) is 1. The van der Waals surface area contributed by atoms with Crippen LogP contribution in [0.25, 0.3) is 0 Å². The molecular formula is C16H21ClN4O2. The van der Waals surface area contributed by atoms with Crippen molar-refractivity contribution in [1.29, 1.82) is 0 Å². The van der Waals surface area contributed by atoms with Gasteiger partial charge in [-0.3, -0.25) is 0 Å². The summed E-state index contributed by atoms with van der Waals surface area (Å²) in [6, 6.07) is 5.47. The van der Waals surface area contributed by atoms with E-state index in [2.05, 4.69) is 14.9 Å². The summed E-state index contributed by atoms with van der Waals surface area (Å²) in [6.07, 6.45) is 5.88. The molecule has 0 aromatic carbocycles. The van der Waals surface area contributed by atoms with Crippen LogP contribution in [0, 0.1) is 0 Å². The summed E-state index contributed by atoms with van der Waals surface area (Å²) in [7, 11) is 0. The standard InChI is InChI=1S/C16H21ClN4O2/c17-14-10-15(20-16(18)19-14)21-7-3-1-2-5-11(21)9-12(22)13-6-4-8-23-13/h4,6,8,10-12,22H,1-3,5,7,9H2,(H2,18,19,20)/t11-,12-/m1/s1. The van der Waals surface area contributed by atoms with Crippen LogP contribution in [-0.2, 0) is 0 Å². The fourth-order valence-electron chi connectivity index (χ4n) is 3.15. The summed E-state index contributed by atoms with van der Waals surface area (Å²) in [5, 5.41) is 10.8. The normalized spacial score (nSPS) is 20.3. The molecular weight excluding hydrogens is 316 g/mol. The van der Waals surface area contributed by atoms with Crippen molar-refractivity contribution in [2.24, 2.45) is 0 Å². The number of nitrogen functional groups attached to an aromatic ring is 1. The van der Waals surface area contributed by atoms with Crippen molar-refractivity contribution >= 4 is 23.4 Å². The topological polar surface area (TPSA) is 88.4 Å². The lowest BCUT2D eigenvalue weighted by Crippen LogP contribution is -2.37. The minimum absolute atomic E-state index is 0.156. The number of aliphatic hydroxyl groups is 1. The van der Waals surface area contributed by atoms with E-state index < -0.39 is 6.10 Å². The molecule has 0 aliphatic carbocycles. The Kier molecular flexibility index (Phi) is 5.03. The highest BCUT2D eigenvalue weighted by molar-refractivity contribution is 6.29. The molecule has 3 N–H and O–H groups in total. The Balaban J connectivity index is 1.82. The summed E-state index contributed by atoms with van der Waals surface area (Å²) in [4.78, 5) is 10.4. The van der Waals surface area contributed by atoms with E-state index in [4.69, 9.17) is 21.8 Å². The third-order valence-electron chi connectivity index (χ3n) is 4.24. The number of furan rings is 1. The van der Waals surface area contributed by atoms with Crippen LogP contribution in [0.2, 0.25) is 5.15 Å². The summed E-state index contributed by atoms with van der Waals surface area (Å²) >= 11 is 6.02. The quantitative estimate of drug-likeness (QED) is 0.834. The number of anilines is 2. The summed E-state index contributed by atoms with van der Waals surface area (Å²) < 4.78 is 5.31. The van der Waals surface area contributed by atoms with E-state index in [1.807, 2.05) is 0 Å². The minimum Gasteiger partial charge on any atom is -0.467 e. The molecule has 0 saturated carbocycles. The third kappa shape index (κ3) is 3.95. The molecule has 1 fully saturated rings. The van der Waals surface area contributed by atoms with Crippen molar-refractivity contribution in [3.8, 4) is 0 Å². The first-order valence-corrected chi connectivity index (χ1v) is 8.29. The molecule has 0 unspecified atom stereocenters. The molecule has 1 aliphatic heterocycles. The molecule has 2 aromatic heterocycles. The van der Waals surface area contributed by atoms with Gasteiger partial charge in [-0.1, -0.05) is 24.4 Å². The Morgan fingerprint density at radius 3 is 3.00 bits per heavy atom. The largest absolute Gasteiger partial charge is 0.467 e. The fourth-order valence-corrected chi connectivity index (χ4v) is 3.33. The maximum absolute atomic E-state index is 10.4. The Hall–Kier alpha value is -1.79. The lowest BCUT2D eigenvalue weighted by molar-refractivity contribution is 0.129. The van der Waals surface area contributed by atoms with Crippen LogP contribution < -0.4 is 10.6 Å². The van der Waals surface area contributed by atoms with Crippen LogP contribution in [0.1, 0.15) is 44.0 Å². The lowest BCUT2D eigenvalue weighted by atomic mass is 10.0. The second-order valence-electron chi connectivity index (χ2n) is 5.87. The van der Waals surface area contributed by atoms with Gasteiger partial charge in [-0.2, -0.15) is 4.98 Å². The average Bonchev–Trinajstić information content (AvgIpc) is 2.94. The fraction of sp³-hybridized carbons (Fsp3) is 0.500. The molecule has 124 valence electrons. The molecule has 2 atom stereocenters. The van der Waals surface area contributed by atoms with E-state index in [9.17, 15) is 5.11 Å². The van der Waals surface area contributed by atoms with Crippen LogP contribution in [-0.4, -0.2) is 27.7 Å². The highest BCUT2D eigenvalue weighted by Gasteiger charge is 2.26. The first-order chi connectivity index (χ1) is 11.1. The van der Waals surface area contributed by atoms with Gasteiger partial charge in [0, 0.05) is 25.1 Å². The van der Waals surface area contributed by atoms with Crippen LogP contribution >= 0.6 is 11.6 Å². The highest BCUT2D eigenvalue weighted by atomic mass is 35.5. The molecule has 1 aliphatic rings. The number of rotatable bonds is 4. The van der Waals surface area contributed by atoms with Crippen LogP contribution in [0.5, 0.6) is 0 Å². The molecule has 0 amide bonds. The predicted octanol–water partition coefficient (Wildman–Crippen LogP) is 3.18. The van der Waals surface area contributed by atoms with E-state index in [-0.39, 0.29) is 12.0 Å². The Labute approximate surface area is 140 Å². The molecule has 3 heterocycles. The van der Waals surface area contributed by atoms with Crippen LogP contribution in [0.3, 0.4) is 0 Å². The number of hydrogen-bond donors (Lipinski definition) is 2. The second-order valence-corrected chi connectivity index (χ2v) is 6.26. The Morgan fingerprint density at radius 1 is 1.39 bits per heavy atom. The van der Waals surface area contributed by atoms with Gasteiger partial charge in [-0.05, 0) is 25.0 Å². The van der Waals surface area contributed by atoms with Crippen LogP contribution in [0.4, 0.5) is 11.8 Å². The van der Waals surface area contributed by atoms with Crippen molar-refractivity contribution in [2.75, 3.05) is 17.2 Å². The third-order valence-corrected chi connectivity index (χ3v) is 4.43. The number of hydrogen-bond acceptors (Lipinski definition) is 6. The number of nitrogens with zero attached hydrogens (tertiary/aromatic N) is 3. The van der Waals surface area contributed by atoms with Crippen molar-refractivity contribution in [2.45, 2.75) is 44.2 Å². The molecule has 6 nitrogen and oxygen atoms in total. The second kappa shape index (κ2) is 7.19. The van der Waals surface area contributed by atoms with Gasteiger partial charge < -0.3 is 20.2 Å². The number of halogens is 1. The number of aromatic nitrogens is 2. The van der Waals surface area contributed by atoms with E-state index in [0.29, 0.717) is 17.3 Å². The first kappa shape index (κ1) is 16.1. The smallest absolute Gasteiger partial charge is 0.223 e. The maximum atomic E-state index is 10.4. The summed E-state index contributed by atoms with van der Waals surface area (Å²) in [6.45, 7) is 0.863. The zero-order valence-corrected chi connectivity index (χ0v) is 13.6. The average molecular weight is 337 g/mol. The van der Waals surface area contributed by atoms with E-state index in [0.717, 1.165) is 38.0 Å². The molecule has 7 heteroatoms. The zero-order valence-electron chi connectivity index (χ0n) is 12.9. The van der Waals surface area contributed by atoms with Crippen LogP contribution in [0.15, 0.2) is 28.9 Å². The Bertz CT molecular complexity index is 615. The maximum Gasteiger partial charge on any atom is 0.223 e. The lowest BCUT2D eigenvalue weighted by Gasteiger charge is -2.32. The molecule has 0 bridgehead atoms. The SMILES string of the molecule is Nc1nc(Cl)cc(N2CCCCC[C@@H]2C[C@@H](O)c2ccco2)n1.